The van der Waals surface area contributed by atoms with Gasteiger partial charge in [0.2, 0.25) is 17.6 Å². The van der Waals surface area contributed by atoms with Crippen LogP contribution in [0.3, 0.4) is 0 Å². The average Bonchev–Trinajstić information content (AvgIpc) is 3.41. The van der Waals surface area contributed by atoms with Crippen LogP contribution < -0.4 is 26.8 Å². The maximum absolute atomic E-state index is 13.5. The van der Waals surface area contributed by atoms with E-state index in [1.807, 2.05) is 24.3 Å². The monoisotopic (exact) mass is 644 g/mol. The molecule has 2 saturated carbocycles. The number of para-hydroxylation sites is 1. The van der Waals surface area contributed by atoms with Crippen LogP contribution in [0.5, 0.6) is 0 Å². The van der Waals surface area contributed by atoms with Gasteiger partial charge >= 0.3 is 0 Å². The summed E-state index contributed by atoms with van der Waals surface area (Å²) in [4.78, 5) is 80.7. The van der Waals surface area contributed by atoms with Crippen LogP contribution in [0.2, 0.25) is 0 Å². The summed E-state index contributed by atoms with van der Waals surface area (Å²) >= 11 is 0. The van der Waals surface area contributed by atoms with Crippen molar-refractivity contribution in [3.05, 3.63) is 64.2 Å². The highest BCUT2D eigenvalue weighted by Gasteiger charge is 2.39. The van der Waals surface area contributed by atoms with E-state index >= 15 is 0 Å². The zero-order valence-electron chi connectivity index (χ0n) is 27.2. The highest BCUT2D eigenvalue weighted by atomic mass is 16.2. The number of amides is 4. The van der Waals surface area contributed by atoms with Crippen LogP contribution in [0.15, 0.2) is 47.4 Å². The Morgan fingerprint density at radius 1 is 1.04 bits per heavy atom. The minimum atomic E-state index is -1.25. The van der Waals surface area contributed by atoms with Gasteiger partial charge in [-0.05, 0) is 74.1 Å². The van der Waals surface area contributed by atoms with Crippen molar-refractivity contribution in [1.82, 2.24) is 25.5 Å². The zero-order valence-corrected chi connectivity index (χ0v) is 27.2. The largest absolute Gasteiger partial charge is 0.353 e. The van der Waals surface area contributed by atoms with Gasteiger partial charge in [-0.15, -0.1) is 0 Å². The van der Waals surface area contributed by atoms with Gasteiger partial charge in [0.05, 0.1) is 0 Å². The Hall–Kier alpha value is -4.74. The molecule has 5 atom stereocenters. The summed E-state index contributed by atoms with van der Waals surface area (Å²) in [5.41, 5.74) is 1.02. The lowest BCUT2D eigenvalue weighted by Gasteiger charge is -2.45. The second-order valence-corrected chi connectivity index (χ2v) is 12.9. The first kappa shape index (κ1) is 33.6. The molecular formula is C35H44N6O6. The van der Waals surface area contributed by atoms with E-state index < -0.39 is 35.1 Å². The van der Waals surface area contributed by atoms with E-state index in [1.165, 1.54) is 36.7 Å². The lowest BCUT2D eigenvalue weighted by Crippen LogP contribution is -2.51. The van der Waals surface area contributed by atoms with Crippen molar-refractivity contribution in [2.24, 2.45) is 17.8 Å². The molecule has 2 heterocycles. The lowest BCUT2D eigenvalue weighted by molar-refractivity contribution is -0.137. The molecule has 3 aromatic rings. The number of nitrogens with one attached hydrogen (secondary N) is 5. The Morgan fingerprint density at radius 3 is 2.57 bits per heavy atom. The topological polar surface area (TPSA) is 171 Å². The van der Waals surface area contributed by atoms with Crippen LogP contribution in [0.1, 0.15) is 74.3 Å². The van der Waals surface area contributed by atoms with Crippen LogP contribution in [0, 0.1) is 24.7 Å². The molecule has 2 aromatic heterocycles. The Labute approximate surface area is 273 Å². The standard InChI is InChI=1S/C35H44N6O6/c1-4-22-17-21-9-7-10-23(18-21)31(22)40-29(43)19-41-16-8-13-27(35(41)47)39-32(44)26(14-15-28(42)33(45)36-3)38-34(46)30-20(2)24-11-5-6-12-25(24)37-30/h5-6,8,11-13,16,21-23,26,31,37H,4,7,9-10,14-15,17-19H2,1-3H3,(H,36,45)(H,38,46)(H,39,44)(H,40,43)/t21?,22-,23?,26+,31?/m1/s1. The smallest absolute Gasteiger partial charge is 0.287 e. The van der Waals surface area contributed by atoms with Crippen LogP contribution in [0.25, 0.3) is 10.9 Å². The second-order valence-electron chi connectivity index (χ2n) is 12.9. The minimum absolute atomic E-state index is 0.0804. The Balaban J connectivity index is 1.29. The molecule has 3 unspecified atom stereocenters. The van der Waals surface area contributed by atoms with Gasteiger partial charge in [0, 0.05) is 36.6 Å². The summed E-state index contributed by atoms with van der Waals surface area (Å²) in [7, 11) is 1.33. The lowest BCUT2D eigenvalue weighted by atomic mass is 9.64. The van der Waals surface area contributed by atoms with E-state index in [0.29, 0.717) is 17.4 Å². The fourth-order valence-electron chi connectivity index (χ4n) is 7.39. The predicted molar refractivity (Wildman–Crippen MR) is 178 cm³/mol. The number of fused-ring (bicyclic) bond motifs is 3. The van der Waals surface area contributed by atoms with Gasteiger partial charge in [0.25, 0.3) is 17.4 Å². The van der Waals surface area contributed by atoms with Crippen molar-refractivity contribution in [1.29, 1.82) is 0 Å². The van der Waals surface area contributed by atoms with Crippen LogP contribution in [-0.2, 0) is 25.7 Å². The van der Waals surface area contributed by atoms with E-state index in [1.54, 1.807) is 13.0 Å². The summed E-state index contributed by atoms with van der Waals surface area (Å²) in [6, 6.07) is 9.19. The minimum Gasteiger partial charge on any atom is -0.353 e. The van der Waals surface area contributed by atoms with Gasteiger partial charge in [-0.3, -0.25) is 28.8 Å². The van der Waals surface area contributed by atoms with E-state index in [4.69, 9.17) is 0 Å². The quantitative estimate of drug-likeness (QED) is 0.190. The predicted octanol–water partition coefficient (Wildman–Crippen LogP) is 3.19. The average molecular weight is 645 g/mol. The number of aryl methyl sites for hydroxylation is 1. The van der Waals surface area contributed by atoms with Crippen LogP contribution in [-0.4, -0.2) is 58.1 Å². The first-order chi connectivity index (χ1) is 22.6. The van der Waals surface area contributed by atoms with E-state index in [2.05, 4.69) is 33.2 Å². The summed E-state index contributed by atoms with van der Waals surface area (Å²) in [5, 5.41) is 11.6. The number of rotatable bonds is 12. The third-order valence-corrected chi connectivity index (χ3v) is 9.87. The molecule has 2 bridgehead atoms. The number of Topliss-reactive ketones (excluding diaryl/α,β-unsaturated/α-hetero) is 1. The Kier molecular flexibility index (Phi) is 10.6. The van der Waals surface area contributed by atoms with E-state index in [0.717, 1.165) is 42.5 Å². The van der Waals surface area contributed by atoms with Crippen molar-refractivity contribution in [2.45, 2.75) is 83.8 Å². The number of benzene rings is 1. The number of nitrogens with zero attached hydrogens (tertiary/aromatic N) is 1. The van der Waals surface area contributed by atoms with Crippen molar-refractivity contribution >= 4 is 46.0 Å². The molecule has 0 saturated heterocycles. The number of carbonyl (C=O) groups excluding carboxylic acids is 5. The number of aromatic amines is 1. The van der Waals surface area contributed by atoms with Gasteiger partial charge in [0.15, 0.2) is 0 Å². The number of carbonyl (C=O) groups is 5. The highest BCUT2D eigenvalue weighted by molar-refractivity contribution is 6.36. The number of aromatic nitrogens is 2. The number of pyridine rings is 1. The van der Waals surface area contributed by atoms with Gasteiger partial charge in [-0.1, -0.05) is 44.4 Å². The number of likely N-dealkylation sites (N-methyl/N-ethyl adjacent to an activating group) is 1. The molecule has 0 radical (unpaired) electrons. The second kappa shape index (κ2) is 14.8. The molecule has 2 aliphatic carbocycles. The van der Waals surface area contributed by atoms with E-state index in [-0.39, 0.29) is 42.7 Å². The molecule has 12 heteroatoms. The molecule has 2 aliphatic rings. The molecule has 5 rings (SSSR count). The molecule has 0 spiro atoms. The highest BCUT2D eigenvalue weighted by Crippen LogP contribution is 2.43. The van der Waals surface area contributed by atoms with Gasteiger partial charge < -0.3 is 30.8 Å². The van der Waals surface area contributed by atoms with Crippen molar-refractivity contribution < 1.29 is 24.0 Å². The van der Waals surface area contributed by atoms with Gasteiger partial charge in [0.1, 0.15) is 24.0 Å². The Bertz CT molecular complexity index is 1720. The third-order valence-electron chi connectivity index (χ3n) is 9.87. The number of hydrogen-bond donors (Lipinski definition) is 5. The van der Waals surface area contributed by atoms with Crippen molar-refractivity contribution in [2.75, 3.05) is 12.4 Å². The molecule has 4 amide bonds. The maximum atomic E-state index is 13.5. The number of hydrogen-bond acceptors (Lipinski definition) is 6. The summed E-state index contributed by atoms with van der Waals surface area (Å²) in [6.07, 6.45) is 7.78. The molecule has 2 fully saturated rings. The molecule has 47 heavy (non-hydrogen) atoms. The summed E-state index contributed by atoms with van der Waals surface area (Å²) < 4.78 is 1.24. The molecule has 5 N–H and O–H groups in total. The first-order valence-electron chi connectivity index (χ1n) is 16.5. The van der Waals surface area contributed by atoms with Crippen molar-refractivity contribution in [3.8, 4) is 0 Å². The number of H-pyrrole nitrogens is 1. The van der Waals surface area contributed by atoms with Crippen molar-refractivity contribution in [3.63, 3.8) is 0 Å². The third kappa shape index (κ3) is 7.64. The SMILES string of the molecule is CC[C@@H]1CC2CCCC(C2)C1NC(=O)Cn1cccc(NC(=O)[C@H](CCC(=O)C(=O)NC)NC(=O)c2[nH]c3ccccc3c2C)c1=O. The molecular weight excluding hydrogens is 600 g/mol. The zero-order chi connectivity index (χ0) is 33.7. The fourth-order valence-corrected chi connectivity index (χ4v) is 7.39. The summed E-state index contributed by atoms with van der Waals surface area (Å²) in [5.74, 6) is -1.53. The summed E-state index contributed by atoms with van der Waals surface area (Å²) in [6.45, 7) is 3.74. The maximum Gasteiger partial charge on any atom is 0.287 e. The number of anilines is 1. The Morgan fingerprint density at radius 2 is 1.83 bits per heavy atom. The molecule has 12 nitrogen and oxygen atoms in total. The van der Waals surface area contributed by atoms with Crippen LogP contribution >= 0.6 is 0 Å². The van der Waals surface area contributed by atoms with E-state index in [9.17, 15) is 28.8 Å². The van der Waals surface area contributed by atoms with Gasteiger partial charge in [-0.25, -0.2) is 0 Å². The fraction of sp³-hybridized carbons (Fsp3) is 0.486. The molecule has 250 valence electrons. The number of ketones is 1. The first-order valence-corrected chi connectivity index (χ1v) is 16.5. The molecule has 0 aliphatic heterocycles. The van der Waals surface area contributed by atoms with Gasteiger partial charge in [-0.2, -0.15) is 0 Å². The van der Waals surface area contributed by atoms with Crippen LogP contribution in [0.4, 0.5) is 5.69 Å². The molecule has 1 aromatic carbocycles. The normalized spacial score (nSPS) is 21.0.